The first kappa shape index (κ1) is 21.7. The third kappa shape index (κ3) is 7.59. The zero-order valence-corrected chi connectivity index (χ0v) is 17.2. The molecule has 28 heavy (non-hydrogen) atoms. The molecule has 0 unspecified atom stereocenters. The highest BCUT2D eigenvalue weighted by atomic mass is 16.5. The highest BCUT2D eigenvalue weighted by Crippen LogP contribution is 2.18. The van der Waals surface area contributed by atoms with E-state index in [4.69, 9.17) is 10.5 Å². The van der Waals surface area contributed by atoms with E-state index in [1.165, 1.54) is 38.5 Å². The van der Waals surface area contributed by atoms with Crippen LogP contribution in [0.1, 0.15) is 74.7 Å². The Hall–Kier alpha value is -2.55. The number of allylic oxidation sites excluding steroid dienone is 1. The second-order valence-corrected chi connectivity index (χ2v) is 7.32. The lowest BCUT2D eigenvalue weighted by Gasteiger charge is -2.07. The molecule has 3 heteroatoms. The van der Waals surface area contributed by atoms with Gasteiger partial charge in [-0.1, -0.05) is 57.6 Å². The van der Waals surface area contributed by atoms with Crippen molar-refractivity contribution in [3.63, 3.8) is 0 Å². The summed E-state index contributed by atoms with van der Waals surface area (Å²) < 4.78 is 5.82. The van der Waals surface area contributed by atoms with E-state index in [2.05, 4.69) is 6.92 Å². The normalized spacial score (nSPS) is 11.4. The molecular weight excluding hydrogens is 346 g/mol. The fourth-order valence-corrected chi connectivity index (χ4v) is 3.09. The van der Waals surface area contributed by atoms with Gasteiger partial charge in [0.25, 0.3) is 0 Å². The number of ketones is 1. The summed E-state index contributed by atoms with van der Waals surface area (Å²) in [5, 5.41) is 0. The van der Waals surface area contributed by atoms with Crippen LogP contribution >= 0.6 is 0 Å². The summed E-state index contributed by atoms with van der Waals surface area (Å²) in [6.07, 6.45) is 10.9. The van der Waals surface area contributed by atoms with Crippen molar-refractivity contribution >= 4 is 17.5 Å². The van der Waals surface area contributed by atoms with E-state index in [-0.39, 0.29) is 5.78 Å². The maximum atomic E-state index is 12.5. The van der Waals surface area contributed by atoms with Crippen LogP contribution in [0.5, 0.6) is 5.75 Å². The highest BCUT2D eigenvalue weighted by Gasteiger charge is 2.08. The zero-order valence-electron chi connectivity index (χ0n) is 17.2. The monoisotopic (exact) mass is 379 g/mol. The van der Waals surface area contributed by atoms with Crippen LogP contribution in [0.4, 0.5) is 5.69 Å². The van der Waals surface area contributed by atoms with E-state index in [1.54, 1.807) is 24.3 Å². The van der Waals surface area contributed by atoms with Crippen molar-refractivity contribution < 1.29 is 9.53 Å². The quantitative estimate of drug-likeness (QED) is 0.193. The second kappa shape index (κ2) is 12.0. The van der Waals surface area contributed by atoms with Crippen LogP contribution in [-0.2, 0) is 0 Å². The molecule has 2 aromatic rings. The molecule has 0 amide bonds. The lowest BCUT2D eigenvalue weighted by atomic mass is 10.0. The van der Waals surface area contributed by atoms with Gasteiger partial charge in [0.2, 0.25) is 0 Å². The van der Waals surface area contributed by atoms with Crippen molar-refractivity contribution in [2.45, 2.75) is 58.8 Å². The summed E-state index contributed by atoms with van der Waals surface area (Å²) in [6, 6.07) is 14.9. The lowest BCUT2D eigenvalue weighted by Crippen LogP contribution is -2.01. The first-order valence-corrected chi connectivity index (χ1v) is 10.4. The molecule has 0 spiro atoms. The lowest BCUT2D eigenvalue weighted by molar-refractivity contribution is 0.103. The molecule has 0 bridgehead atoms. The molecule has 0 aromatic heterocycles. The topological polar surface area (TPSA) is 52.3 Å². The van der Waals surface area contributed by atoms with Crippen molar-refractivity contribution in [1.29, 1.82) is 0 Å². The Balaban J connectivity index is 1.77. The van der Waals surface area contributed by atoms with Crippen molar-refractivity contribution in [2.24, 2.45) is 0 Å². The number of unbranched alkanes of at least 4 members (excludes halogenated alkanes) is 6. The van der Waals surface area contributed by atoms with Crippen molar-refractivity contribution in [2.75, 3.05) is 12.3 Å². The van der Waals surface area contributed by atoms with Crippen LogP contribution in [-0.4, -0.2) is 12.4 Å². The molecule has 0 aliphatic carbocycles. The molecule has 150 valence electrons. The Labute approximate surface area is 169 Å². The Morgan fingerprint density at radius 3 is 2.14 bits per heavy atom. The molecule has 3 nitrogen and oxygen atoms in total. The van der Waals surface area contributed by atoms with Gasteiger partial charge in [0.05, 0.1) is 6.61 Å². The van der Waals surface area contributed by atoms with Gasteiger partial charge in [-0.25, -0.2) is 0 Å². The molecule has 0 radical (unpaired) electrons. The molecule has 0 saturated carbocycles. The number of anilines is 1. The van der Waals surface area contributed by atoms with Gasteiger partial charge >= 0.3 is 0 Å². The van der Waals surface area contributed by atoms with Crippen LogP contribution < -0.4 is 10.5 Å². The summed E-state index contributed by atoms with van der Waals surface area (Å²) in [6.45, 7) is 4.84. The van der Waals surface area contributed by atoms with Crippen LogP contribution in [0.3, 0.4) is 0 Å². The molecule has 0 heterocycles. The Morgan fingerprint density at radius 2 is 1.50 bits per heavy atom. The average Bonchev–Trinajstić information content (AvgIpc) is 2.71. The summed E-state index contributed by atoms with van der Waals surface area (Å²) in [5.74, 6) is 0.893. The van der Waals surface area contributed by atoms with Gasteiger partial charge in [0.1, 0.15) is 5.75 Å². The maximum absolute atomic E-state index is 12.5. The maximum Gasteiger partial charge on any atom is 0.188 e. The highest BCUT2D eigenvalue weighted by molar-refractivity contribution is 6.11. The molecule has 0 aliphatic heterocycles. The third-order valence-electron chi connectivity index (χ3n) is 4.81. The second-order valence-electron chi connectivity index (χ2n) is 7.32. The minimum absolute atomic E-state index is 0.0132. The Kier molecular flexibility index (Phi) is 9.33. The van der Waals surface area contributed by atoms with Gasteiger partial charge in [-0.3, -0.25) is 4.79 Å². The first-order chi connectivity index (χ1) is 13.6. The molecule has 0 saturated heterocycles. The number of carbonyl (C=O) groups excluding carboxylic acids is 1. The number of ether oxygens (including phenoxy) is 1. The predicted octanol–water partition coefficient (Wildman–Crippen LogP) is 6.68. The van der Waals surface area contributed by atoms with Gasteiger partial charge in [-0.05, 0) is 67.0 Å². The van der Waals surface area contributed by atoms with Gasteiger partial charge in [-0.2, -0.15) is 0 Å². The molecule has 0 atom stereocenters. The fourth-order valence-electron chi connectivity index (χ4n) is 3.09. The van der Waals surface area contributed by atoms with Crippen LogP contribution in [0.15, 0.2) is 54.1 Å². The number of nitrogens with two attached hydrogens (primary N) is 1. The molecule has 0 fully saturated rings. The standard InChI is InChI=1S/C25H33NO2/c1-3-4-5-6-7-8-9-18-28-24-16-10-21(11-17-24)19-20(2)25(27)22-12-14-23(26)15-13-22/h10-17,19H,3-9,18,26H2,1-2H3. The number of benzene rings is 2. The third-order valence-corrected chi connectivity index (χ3v) is 4.81. The molecular formula is C25H33NO2. The first-order valence-electron chi connectivity index (χ1n) is 10.4. The number of nitrogen functional groups attached to an aromatic ring is 1. The summed E-state index contributed by atoms with van der Waals surface area (Å²) in [4.78, 5) is 12.5. The van der Waals surface area contributed by atoms with Crippen molar-refractivity contribution in [3.05, 3.63) is 65.2 Å². The van der Waals surface area contributed by atoms with Crippen molar-refractivity contribution in [3.8, 4) is 5.75 Å². The van der Waals surface area contributed by atoms with Gasteiger partial charge in [0.15, 0.2) is 5.78 Å². The Bertz CT molecular complexity index is 745. The molecule has 2 rings (SSSR count). The largest absolute Gasteiger partial charge is 0.494 e. The van der Waals surface area contributed by atoms with Crippen LogP contribution in [0, 0.1) is 0 Å². The molecule has 2 aromatic carbocycles. The zero-order chi connectivity index (χ0) is 20.2. The van der Waals surface area contributed by atoms with E-state index in [0.29, 0.717) is 16.8 Å². The molecule has 2 N–H and O–H groups in total. The summed E-state index contributed by atoms with van der Waals surface area (Å²) in [7, 11) is 0. The average molecular weight is 380 g/mol. The van der Waals surface area contributed by atoms with E-state index >= 15 is 0 Å². The number of hydrogen-bond donors (Lipinski definition) is 1. The Morgan fingerprint density at radius 1 is 0.893 bits per heavy atom. The van der Waals surface area contributed by atoms with Gasteiger partial charge in [-0.15, -0.1) is 0 Å². The SMILES string of the molecule is CCCCCCCCCOc1ccc(C=C(C)C(=O)c2ccc(N)cc2)cc1. The number of rotatable bonds is 12. The van der Waals surface area contributed by atoms with Gasteiger partial charge in [0, 0.05) is 11.3 Å². The predicted molar refractivity (Wildman–Crippen MR) is 119 cm³/mol. The van der Waals surface area contributed by atoms with E-state index < -0.39 is 0 Å². The van der Waals surface area contributed by atoms with Crippen LogP contribution in [0.25, 0.3) is 6.08 Å². The van der Waals surface area contributed by atoms with Gasteiger partial charge < -0.3 is 10.5 Å². The van der Waals surface area contributed by atoms with E-state index in [9.17, 15) is 4.79 Å². The van der Waals surface area contributed by atoms with Crippen LogP contribution in [0.2, 0.25) is 0 Å². The minimum atomic E-state index is 0.0132. The summed E-state index contributed by atoms with van der Waals surface area (Å²) in [5.41, 5.74) is 8.67. The van der Waals surface area contributed by atoms with E-state index in [0.717, 1.165) is 24.3 Å². The van der Waals surface area contributed by atoms with Crippen molar-refractivity contribution in [1.82, 2.24) is 0 Å². The fraction of sp³-hybridized carbons (Fsp3) is 0.400. The number of Topliss-reactive ketones (excluding diaryl/α,β-unsaturated/α-hetero) is 1. The van der Waals surface area contributed by atoms with E-state index in [1.807, 2.05) is 37.3 Å². The summed E-state index contributed by atoms with van der Waals surface area (Å²) >= 11 is 0. The minimum Gasteiger partial charge on any atom is -0.494 e. The smallest absolute Gasteiger partial charge is 0.188 e. The number of hydrogen-bond acceptors (Lipinski definition) is 3. The molecule has 0 aliphatic rings. The number of carbonyl (C=O) groups is 1.